The second-order valence-electron chi connectivity index (χ2n) is 11.8. The minimum absolute atomic E-state index is 0.179. The quantitative estimate of drug-likeness (QED) is 0.133. The summed E-state index contributed by atoms with van der Waals surface area (Å²) in [6.45, 7) is 1.17. The molecule has 1 fully saturated rings. The van der Waals surface area contributed by atoms with Gasteiger partial charge >= 0.3 is 11.9 Å². The SMILES string of the molecule is COc1ccc([C@H](Cc2c(Cl)cncc2Cl)OC(=O)c2ccc(CNC(C(=O)OCC3(F)CCN(C)CC3)c3ccccc3)s2)cc1OC. The third-order valence-corrected chi connectivity index (χ3v) is 10.2. The zero-order valence-corrected chi connectivity index (χ0v) is 29.7. The molecule has 0 radical (unpaired) electrons. The highest BCUT2D eigenvalue weighted by atomic mass is 35.5. The van der Waals surface area contributed by atoms with Crippen LogP contribution in [0.1, 0.15) is 56.2 Å². The van der Waals surface area contributed by atoms with Gasteiger partial charge in [0.25, 0.3) is 0 Å². The van der Waals surface area contributed by atoms with E-state index in [4.69, 9.17) is 42.1 Å². The Morgan fingerprint density at radius 2 is 1.67 bits per heavy atom. The lowest BCUT2D eigenvalue weighted by atomic mass is 9.94. The molecule has 0 aliphatic carbocycles. The van der Waals surface area contributed by atoms with Gasteiger partial charge in [-0.05, 0) is 60.8 Å². The molecule has 1 saturated heterocycles. The average molecular weight is 731 g/mol. The van der Waals surface area contributed by atoms with Crippen LogP contribution in [0.25, 0.3) is 0 Å². The molecule has 1 unspecified atom stereocenters. The van der Waals surface area contributed by atoms with Crippen molar-refractivity contribution >= 4 is 46.5 Å². The number of hydrogen-bond donors (Lipinski definition) is 1. The van der Waals surface area contributed by atoms with Crippen LogP contribution in [0, 0.1) is 0 Å². The highest BCUT2D eigenvalue weighted by Crippen LogP contribution is 2.36. The van der Waals surface area contributed by atoms with Crippen molar-refractivity contribution in [1.29, 1.82) is 0 Å². The molecule has 0 amide bonds. The number of nitrogens with zero attached hydrogens (tertiary/aromatic N) is 2. The molecule has 2 aromatic carbocycles. The number of carbonyl (C=O) groups is 2. The number of rotatable bonds is 14. The van der Waals surface area contributed by atoms with Gasteiger partial charge in [0.2, 0.25) is 0 Å². The summed E-state index contributed by atoms with van der Waals surface area (Å²) in [5.41, 5.74) is 0.365. The summed E-state index contributed by atoms with van der Waals surface area (Å²) in [5.74, 6) is -0.125. The van der Waals surface area contributed by atoms with Crippen molar-refractivity contribution in [2.24, 2.45) is 0 Å². The molecule has 13 heteroatoms. The van der Waals surface area contributed by atoms with Crippen LogP contribution in [0.2, 0.25) is 10.0 Å². The first-order valence-electron chi connectivity index (χ1n) is 15.7. The van der Waals surface area contributed by atoms with Crippen molar-refractivity contribution in [2.45, 2.75) is 43.6 Å². The van der Waals surface area contributed by atoms with Gasteiger partial charge in [0.1, 0.15) is 29.3 Å². The smallest absolute Gasteiger partial charge is 0.348 e. The van der Waals surface area contributed by atoms with Gasteiger partial charge in [-0.25, -0.2) is 14.0 Å². The summed E-state index contributed by atoms with van der Waals surface area (Å²) >= 11 is 14.1. The number of likely N-dealkylation sites (tertiary alicyclic amines) is 1. The average Bonchev–Trinajstić information content (AvgIpc) is 3.59. The predicted octanol–water partition coefficient (Wildman–Crippen LogP) is 7.42. The van der Waals surface area contributed by atoms with Crippen molar-refractivity contribution in [2.75, 3.05) is 41.0 Å². The van der Waals surface area contributed by atoms with Gasteiger partial charge in [-0.1, -0.05) is 59.6 Å². The lowest BCUT2D eigenvalue weighted by molar-refractivity contribution is -0.152. The third-order valence-electron chi connectivity index (χ3n) is 8.44. The molecule has 0 bridgehead atoms. The van der Waals surface area contributed by atoms with E-state index in [0.29, 0.717) is 69.0 Å². The van der Waals surface area contributed by atoms with Crippen LogP contribution in [0.4, 0.5) is 4.39 Å². The van der Waals surface area contributed by atoms with Crippen LogP contribution in [0.5, 0.6) is 11.5 Å². The van der Waals surface area contributed by atoms with E-state index in [9.17, 15) is 9.59 Å². The molecule has 1 aliphatic rings. The minimum atomic E-state index is -1.55. The molecule has 0 saturated carbocycles. The second kappa shape index (κ2) is 16.8. The lowest BCUT2D eigenvalue weighted by Crippen LogP contribution is -2.44. The highest BCUT2D eigenvalue weighted by Gasteiger charge is 2.36. The Labute approximate surface area is 299 Å². The van der Waals surface area contributed by atoms with Crippen LogP contribution >= 0.6 is 34.5 Å². The zero-order chi connectivity index (χ0) is 35.0. The summed E-state index contributed by atoms with van der Waals surface area (Å²) in [5, 5.41) is 3.93. The van der Waals surface area contributed by atoms with Gasteiger partial charge in [0.05, 0.1) is 24.3 Å². The zero-order valence-electron chi connectivity index (χ0n) is 27.4. The number of methoxy groups -OCH3 is 2. The Kier molecular flexibility index (Phi) is 12.5. The molecular weight excluding hydrogens is 692 g/mol. The maximum atomic E-state index is 15.3. The Morgan fingerprint density at radius 3 is 2.35 bits per heavy atom. The number of halogens is 3. The molecule has 260 valence electrons. The summed E-state index contributed by atoms with van der Waals surface area (Å²) in [7, 11) is 5.01. The van der Waals surface area contributed by atoms with Crippen molar-refractivity contribution in [3.8, 4) is 11.5 Å². The van der Waals surface area contributed by atoms with Gasteiger partial charge in [0, 0.05) is 43.3 Å². The number of hydrogen-bond acceptors (Lipinski definition) is 10. The Morgan fingerprint density at radius 1 is 0.980 bits per heavy atom. The van der Waals surface area contributed by atoms with Gasteiger partial charge in [-0.3, -0.25) is 10.3 Å². The molecule has 2 atom stereocenters. The molecule has 0 spiro atoms. The molecule has 2 aromatic heterocycles. The number of ether oxygens (including phenoxy) is 4. The first-order valence-corrected chi connectivity index (χ1v) is 17.3. The van der Waals surface area contributed by atoms with Crippen molar-refractivity contribution in [3.05, 3.63) is 110 Å². The Bertz CT molecular complexity index is 1710. The third kappa shape index (κ3) is 9.49. The predicted molar refractivity (Wildman–Crippen MR) is 188 cm³/mol. The van der Waals surface area contributed by atoms with Gasteiger partial charge < -0.3 is 23.8 Å². The van der Waals surface area contributed by atoms with Gasteiger partial charge in [-0.15, -0.1) is 11.3 Å². The number of alkyl halides is 1. The number of esters is 2. The topological polar surface area (TPSA) is 99.2 Å². The van der Waals surface area contributed by atoms with E-state index in [-0.39, 0.29) is 19.6 Å². The molecule has 4 aromatic rings. The monoisotopic (exact) mass is 729 g/mol. The Balaban J connectivity index is 1.29. The fraction of sp³-hybridized carbons (Fsp3) is 0.361. The number of pyridine rings is 1. The van der Waals surface area contributed by atoms with E-state index in [1.165, 1.54) is 38.0 Å². The number of thiophene rings is 1. The maximum Gasteiger partial charge on any atom is 0.348 e. The number of aromatic nitrogens is 1. The fourth-order valence-corrected chi connectivity index (χ4v) is 6.86. The van der Waals surface area contributed by atoms with E-state index < -0.39 is 29.8 Å². The molecule has 3 heterocycles. The molecule has 9 nitrogen and oxygen atoms in total. The van der Waals surface area contributed by atoms with Crippen LogP contribution in [-0.4, -0.2) is 68.5 Å². The molecule has 1 aliphatic heterocycles. The minimum Gasteiger partial charge on any atom is -0.493 e. The standard InChI is InChI=1S/C36H38Cl2FN3O6S/c1-42-15-13-36(39,14-16-42)22-47-35(44)33(23-7-5-4-6-8-23)41-19-25-10-12-32(49-25)34(43)48-30(18-26-27(37)20-40-21-28(26)38)24-9-11-29(45-2)31(17-24)46-3/h4-12,17,20-21,30,33,41H,13-16,18-19,22H2,1-3H3/t30-,33?/m0/s1. The van der Waals surface area contributed by atoms with E-state index in [1.54, 1.807) is 30.3 Å². The maximum absolute atomic E-state index is 15.3. The summed E-state index contributed by atoms with van der Waals surface area (Å²) in [6.07, 6.45) is 2.98. The van der Waals surface area contributed by atoms with E-state index in [1.807, 2.05) is 37.4 Å². The largest absolute Gasteiger partial charge is 0.493 e. The number of nitrogens with one attached hydrogen (secondary N) is 1. The van der Waals surface area contributed by atoms with Crippen molar-refractivity contribution in [3.63, 3.8) is 0 Å². The first-order chi connectivity index (χ1) is 23.6. The van der Waals surface area contributed by atoms with Crippen LogP contribution in [0.3, 0.4) is 0 Å². The van der Waals surface area contributed by atoms with E-state index in [0.717, 1.165) is 4.88 Å². The summed E-state index contributed by atoms with van der Waals surface area (Å²) in [6, 6.07) is 17.0. The molecule has 5 rings (SSSR count). The van der Waals surface area contributed by atoms with Crippen LogP contribution < -0.4 is 14.8 Å². The Hall–Kier alpha value is -3.74. The van der Waals surface area contributed by atoms with Crippen LogP contribution in [-0.2, 0) is 27.2 Å². The highest BCUT2D eigenvalue weighted by molar-refractivity contribution is 7.13. The van der Waals surface area contributed by atoms with Crippen molar-refractivity contribution < 1.29 is 32.9 Å². The lowest BCUT2D eigenvalue weighted by Gasteiger charge is -2.34. The van der Waals surface area contributed by atoms with Gasteiger partial charge in [-0.2, -0.15) is 0 Å². The number of benzene rings is 2. The first kappa shape index (κ1) is 36.5. The van der Waals surface area contributed by atoms with Gasteiger partial charge in [0.15, 0.2) is 11.5 Å². The normalized spacial score (nSPS) is 15.6. The number of carbonyl (C=O) groups excluding carboxylic acids is 2. The summed E-state index contributed by atoms with van der Waals surface area (Å²) in [4.78, 5) is 34.1. The molecule has 1 N–H and O–H groups in total. The summed E-state index contributed by atoms with van der Waals surface area (Å²) < 4.78 is 37.8. The number of piperidine rings is 1. The van der Waals surface area contributed by atoms with Crippen LogP contribution in [0.15, 0.2) is 73.1 Å². The van der Waals surface area contributed by atoms with E-state index >= 15 is 4.39 Å². The van der Waals surface area contributed by atoms with Crippen molar-refractivity contribution in [1.82, 2.24) is 15.2 Å². The fourth-order valence-electron chi connectivity index (χ4n) is 5.50. The second-order valence-corrected chi connectivity index (χ2v) is 13.8. The molecule has 49 heavy (non-hydrogen) atoms. The molecular formula is C36H38Cl2FN3O6S. The van der Waals surface area contributed by atoms with E-state index in [2.05, 4.69) is 15.2 Å².